The lowest BCUT2D eigenvalue weighted by atomic mass is 10.2. The van der Waals surface area contributed by atoms with Crippen LogP contribution in [0.1, 0.15) is 29.8 Å². The molecule has 0 heterocycles. The third-order valence-electron chi connectivity index (χ3n) is 3.14. The van der Waals surface area contributed by atoms with Crippen molar-refractivity contribution < 1.29 is 14.3 Å². The van der Waals surface area contributed by atoms with E-state index >= 15 is 0 Å². The fourth-order valence-electron chi connectivity index (χ4n) is 2.01. The minimum atomic E-state index is -0.347. The number of hydrogen-bond donors (Lipinski definition) is 1. The van der Waals surface area contributed by atoms with E-state index in [0.29, 0.717) is 45.9 Å². The molecule has 0 aromatic heterocycles. The zero-order valence-electron chi connectivity index (χ0n) is 13.9. The first-order valence-corrected chi connectivity index (χ1v) is 8.48. The average molecular weight is 381 g/mol. The molecular weight excluding hydrogens is 363 g/mol. The third-order valence-corrected chi connectivity index (χ3v) is 3.72. The van der Waals surface area contributed by atoms with E-state index in [4.69, 9.17) is 32.7 Å². The van der Waals surface area contributed by atoms with Crippen LogP contribution in [0.25, 0.3) is 0 Å². The molecule has 0 atom stereocenters. The van der Waals surface area contributed by atoms with Crippen molar-refractivity contribution in [2.45, 2.75) is 13.8 Å². The Balaban J connectivity index is 2.12. The van der Waals surface area contributed by atoms with Gasteiger partial charge in [0.2, 0.25) is 0 Å². The Morgan fingerprint density at radius 2 is 1.68 bits per heavy atom. The lowest BCUT2D eigenvalue weighted by molar-refractivity contribution is 0.0955. The number of ether oxygens (including phenoxy) is 2. The molecule has 25 heavy (non-hydrogen) atoms. The van der Waals surface area contributed by atoms with E-state index in [9.17, 15) is 4.79 Å². The third kappa shape index (κ3) is 5.37. The summed E-state index contributed by atoms with van der Waals surface area (Å²) in [6, 6.07) is 9.89. The van der Waals surface area contributed by atoms with Crippen molar-refractivity contribution >= 4 is 35.3 Å². The molecule has 1 N–H and O–H groups in total. The number of nitrogens with one attached hydrogen (secondary N) is 1. The molecule has 0 spiro atoms. The minimum Gasteiger partial charge on any atom is -0.490 e. The Morgan fingerprint density at radius 3 is 2.28 bits per heavy atom. The van der Waals surface area contributed by atoms with Gasteiger partial charge in [0.05, 0.1) is 24.5 Å². The van der Waals surface area contributed by atoms with Crippen molar-refractivity contribution in [3.05, 3.63) is 57.6 Å². The lowest BCUT2D eigenvalue weighted by Crippen LogP contribution is -2.17. The summed E-state index contributed by atoms with van der Waals surface area (Å²) in [6.07, 6.45) is 1.45. The Hall–Kier alpha value is -2.24. The molecule has 5 nitrogen and oxygen atoms in total. The lowest BCUT2D eigenvalue weighted by Gasteiger charge is -2.12. The molecule has 2 aromatic rings. The number of benzene rings is 2. The van der Waals surface area contributed by atoms with Crippen LogP contribution in [0.2, 0.25) is 10.0 Å². The molecular formula is C18H18Cl2N2O3. The number of nitrogens with zero attached hydrogens (tertiary/aromatic N) is 1. The first-order valence-electron chi connectivity index (χ1n) is 7.73. The maximum atomic E-state index is 12.0. The van der Waals surface area contributed by atoms with Gasteiger partial charge in [-0.3, -0.25) is 4.79 Å². The highest BCUT2D eigenvalue weighted by Gasteiger charge is 2.10. The number of amides is 1. The quantitative estimate of drug-likeness (QED) is 0.565. The van der Waals surface area contributed by atoms with Crippen LogP contribution in [0.4, 0.5) is 0 Å². The van der Waals surface area contributed by atoms with Gasteiger partial charge < -0.3 is 9.47 Å². The molecule has 132 valence electrons. The number of rotatable bonds is 7. The van der Waals surface area contributed by atoms with Gasteiger partial charge in [0.25, 0.3) is 5.91 Å². The smallest absolute Gasteiger partial charge is 0.271 e. The number of halogens is 2. The predicted octanol–water partition coefficient (Wildman–Crippen LogP) is 4.55. The van der Waals surface area contributed by atoms with Gasteiger partial charge >= 0.3 is 0 Å². The molecule has 7 heteroatoms. The van der Waals surface area contributed by atoms with Crippen LogP contribution >= 0.6 is 23.2 Å². The summed E-state index contributed by atoms with van der Waals surface area (Å²) in [7, 11) is 0. The van der Waals surface area contributed by atoms with Crippen molar-refractivity contribution in [3.8, 4) is 11.5 Å². The topological polar surface area (TPSA) is 59.9 Å². The maximum Gasteiger partial charge on any atom is 0.271 e. The molecule has 2 rings (SSSR count). The molecule has 0 fully saturated rings. The van der Waals surface area contributed by atoms with Crippen LogP contribution < -0.4 is 14.9 Å². The first kappa shape index (κ1) is 19.1. The second-order valence-electron chi connectivity index (χ2n) is 4.89. The van der Waals surface area contributed by atoms with E-state index in [0.717, 1.165) is 0 Å². The van der Waals surface area contributed by atoms with E-state index in [1.807, 2.05) is 13.8 Å². The van der Waals surface area contributed by atoms with Crippen LogP contribution in [-0.4, -0.2) is 25.3 Å². The molecule has 0 bridgehead atoms. The predicted molar refractivity (Wildman–Crippen MR) is 100 cm³/mol. The molecule has 0 aliphatic carbocycles. The van der Waals surface area contributed by atoms with Gasteiger partial charge in [-0.25, -0.2) is 5.43 Å². The van der Waals surface area contributed by atoms with Crippen LogP contribution in [0.5, 0.6) is 11.5 Å². The summed E-state index contributed by atoms with van der Waals surface area (Å²) >= 11 is 12.0. The summed E-state index contributed by atoms with van der Waals surface area (Å²) in [5, 5.41) is 4.94. The van der Waals surface area contributed by atoms with Gasteiger partial charge in [-0.15, -0.1) is 0 Å². The SMILES string of the molecule is CCOc1cc(Cl)c(/C=N\NC(=O)c2ccc(Cl)cc2)cc1OCC. The Kier molecular flexibility index (Phi) is 7.10. The number of hydrazone groups is 1. The standard InChI is InChI=1S/C18H18Cl2N2O3/c1-3-24-16-9-13(15(20)10-17(16)25-4-2)11-21-22-18(23)12-5-7-14(19)8-6-12/h5-11H,3-4H2,1-2H3,(H,22,23)/b21-11-. The molecule has 0 radical (unpaired) electrons. The second-order valence-corrected chi connectivity index (χ2v) is 5.74. The van der Waals surface area contributed by atoms with E-state index in [1.54, 1.807) is 36.4 Å². The summed E-state index contributed by atoms with van der Waals surface area (Å²) < 4.78 is 11.0. The highest BCUT2D eigenvalue weighted by molar-refractivity contribution is 6.33. The molecule has 0 saturated carbocycles. The number of hydrogen-bond acceptors (Lipinski definition) is 4. The minimum absolute atomic E-state index is 0.347. The molecule has 0 unspecified atom stereocenters. The highest BCUT2D eigenvalue weighted by Crippen LogP contribution is 2.33. The van der Waals surface area contributed by atoms with Crippen molar-refractivity contribution in [1.29, 1.82) is 0 Å². The molecule has 0 aliphatic rings. The molecule has 2 aromatic carbocycles. The normalized spacial score (nSPS) is 10.7. The highest BCUT2D eigenvalue weighted by atomic mass is 35.5. The van der Waals surface area contributed by atoms with Crippen LogP contribution in [0.15, 0.2) is 41.5 Å². The van der Waals surface area contributed by atoms with Gasteiger partial charge in [0, 0.05) is 22.2 Å². The van der Waals surface area contributed by atoms with Crippen molar-refractivity contribution in [3.63, 3.8) is 0 Å². The summed E-state index contributed by atoms with van der Waals surface area (Å²) in [4.78, 5) is 12.0. The number of carbonyl (C=O) groups excluding carboxylic acids is 1. The Bertz CT molecular complexity index is 762. The number of carbonyl (C=O) groups is 1. The van der Waals surface area contributed by atoms with E-state index in [2.05, 4.69) is 10.5 Å². The van der Waals surface area contributed by atoms with Crippen LogP contribution in [0.3, 0.4) is 0 Å². The molecule has 0 saturated heterocycles. The summed E-state index contributed by atoms with van der Waals surface area (Å²) in [5.41, 5.74) is 3.50. The second kappa shape index (κ2) is 9.30. The van der Waals surface area contributed by atoms with Gasteiger partial charge in [-0.2, -0.15) is 5.10 Å². The Labute approximate surface area is 156 Å². The van der Waals surface area contributed by atoms with Crippen molar-refractivity contribution in [1.82, 2.24) is 5.43 Å². The first-order chi connectivity index (χ1) is 12.0. The zero-order chi connectivity index (χ0) is 18.2. The van der Waals surface area contributed by atoms with E-state index < -0.39 is 0 Å². The fourth-order valence-corrected chi connectivity index (χ4v) is 2.34. The van der Waals surface area contributed by atoms with Gasteiger partial charge in [0.15, 0.2) is 11.5 Å². The van der Waals surface area contributed by atoms with E-state index in [-0.39, 0.29) is 5.91 Å². The van der Waals surface area contributed by atoms with Crippen molar-refractivity contribution in [2.75, 3.05) is 13.2 Å². The Morgan fingerprint density at radius 1 is 1.08 bits per heavy atom. The van der Waals surface area contributed by atoms with Gasteiger partial charge in [-0.1, -0.05) is 23.2 Å². The van der Waals surface area contributed by atoms with Gasteiger partial charge in [-0.05, 0) is 44.2 Å². The molecule has 1 amide bonds. The van der Waals surface area contributed by atoms with Crippen LogP contribution in [-0.2, 0) is 0 Å². The monoisotopic (exact) mass is 380 g/mol. The van der Waals surface area contributed by atoms with Crippen LogP contribution in [0, 0.1) is 0 Å². The maximum absolute atomic E-state index is 12.0. The summed E-state index contributed by atoms with van der Waals surface area (Å²) in [5.74, 6) is 0.788. The van der Waals surface area contributed by atoms with E-state index in [1.165, 1.54) is 6.21 Å². The largest absolute Gasteiger partial charge is 0.490 e. The molecule has 0 aliphatic heterocycles. The zero-order valence-corrected chi connectivity index (χ0v) is 15.4. The van der Waals surface area contributed by atoms with Gasteiger partial charge in [0.1, 0.15) is 0 Å². The average Bonchev–Trinajstić information content (AvgIpc) is 2.59. The summed E-state index contributed by atoms with van der Waals surface area (Å²) in [6.45, 7) is 4.75. The fraction of sp³-hybridized carbons (Fsp3) is 0.222. The van der Waals surface area contributed by atoms with Crippen molar-refractivity contribution in [2.24, 2.45) is 5.10 Å².